The number of carbonyl (C=O) groups is 1. The molecule has 5 nitrogen and oxygen atoms in total. The van der Waals surface area contributed by atoms with E-state index in [1.165, 1.54) is 5.06 Å². The highest BCUT2D eigenvalue weighted by atomic mass is 16.7. The van der Waals surface area contributed by atoms with Gasteiger partial charge in [0.2, 0.25) is 6.41 Å². The van der Waals surface area contributed by atoms with Crippen molar-refractivity contribution in [1.29, 1.82) is 0 Å². The molecule has 1 amide bonds. The summed E-state index contributed by atoms with van der Waals surface area (Å²) in [6.07, 6.45) is 1.57. The fourth-order valence-electron chi connectivity index (χ4n) is 2.48. The van der Waals surface area contributed by atoms with Gasteiger partial charge in [-0.2, -0.15) is 0 Å². The van der Waals surface area contributed by atoms with Crippen LogP contribution in [0.5, 0.6) is 0 Å². The normalized spacial score (nSPS) is 27.2. The first-order valence-electron chi connectivity index (χ1n) is 6.91. The molecule has 1 aromatic carbocycles. The Balaban J connectivity index is 2.01. The van der Waals surface area contributed by atoms with Crippen LogP contribution in [0.4, 0.5) is 0 Å². The Morgan fingerprint density at radius 1 is 1.50 bits per heavy atom. The van der Waals surface area contributed by atoms with Crippen molar-refractivity contribution in [1.82, 2.24) is 9.96 Å². The Labute approximate surface area is 120 Å². The predicted octanol–water partition coefficient (Wildman–Crippen LogP) is 0.998. The number of amides is 1. The van der Waals surface area contributed by atoms with Crippen LogP contribution >= 0.6 is 0 Å². The van der Waals surface area contributed by atoms with Crippen LogP contribution in [0.3, 0.4) is 0 Å². The summed E-state index contributed by atoms with van der Waals surface area (Å²) in [6, 6.07) is 9.66. The number of nitrogens with zero attached hydrogens (tertiary/aromatic N) is 2. The summed E-state index contributed by atoms with van der Waals surface area (Å²) in [7, 11) is 2.03. The van der Waals surface area contributed by atoms with Crippen molar-refractivity contribution >= 4 is 6.41 Å². The van der Waals surface area contributed by atoms with Crippen LogP contribution in [-0.2, 0) is 16.2 Å². The monoisotopic (exact) mass is 277 g/mol. The number of carbonyl (C=O) groups excluding carboxylic acids is 1. The molecule has 2 N–H and O–H groups in total. The van der Waals surface area contributed by atoms with Gasteiger partial charge in [-0.3, -0.25) is 9.63 Å². The molecule has 0 aromatic heterocycles. The molecule has 20 heavy (non-hydrogen) atoms. The number of rotatable bonds is 5. The third-order valence-electron chi connectivity index (χ3n) is 3.91. The highest BCUT2D eigenvalue weighted by Gasteiger charge is 2.39. The fourth-order valence-corrected chi connectivity index (χ4v) is 2.48. The summed E-state index contributed by atoms with van der Waals surface area (Å²) >= 11 is 0. The fraction of sp³-hybridized carbons (Fsp3) is 0.533. The number of piperidine rings is 1. The summed E-state index contributed by atoms with van der Waals surface area (Å²) in [5, 5.41) is 1.38. The highest BCUT2D eigenvalue weighted by molar-refractivity contribution is 5.46. The van der Waals surface area contributed by atoms with Crippen LogP contribution < -0.4 is 5.73 Å². The molecule has 1 aromatic rings. The van der Waals surface area contributed by atoms with Gasteiger partial charge in [-0.25, -0.2) is 5.06 Å². The van der Waals surface area contributed by atoms with Gasteiger partial charge < -0.3 is 10.6 Å². The number of likely N-dealkylation sites (N-methyl/N-ethyl adjacent to an activating group) is 1. The van der Waals surface area contributed by atoms with Gasteiger partial charge in [-0.15, -0.1) is 0 Å². The van der Waals surface area contributed by atoms with Crippen molar-refractivity contribution in [3.05, 3.63) is 35.9 Å². The number of hydroxylamine groups is 2. The Hall–Kier alpha value is -1.43. The smallest absolute Gasteiger partial charge is 0.233 e. The molecular weight excluding hydrogens is 254 g/mol. The third-order valence-corrected chi connectivity index (χ3v) is 3.91. The Kier molecular flexibility index (Phi) is 4.75. The second kappa shape index (κ2) is 6.35. The molecule has 1 fully saturated rings. The molecule has 1 saturated heterocycles. The third kappa shape index (κ3) is 3.56. The van der Waals surface area contributed by atoms with Gasteiger partial charge in [-0.1, -0.05) is 30.3 Å². The minimum absolute atomic E-state index is 0.137. The van der Waals surface area contributed by atoms with Crippen molar-refractivity contribution in [2.24, 2.45) is 5.73 Å². The molecule has 0 radical (unpaired) electrons. The zero-order valence-electron chi connectivity index (χ0n) is 12.2. The van der Waals surface area contributed by atoms with Crippen molar-refractivity contribution in [3.8, 4) is 0 Å². The summed E-state index contributed by atoms with van der Waals surface area (Å²) < 4.78 is 0. The van der Waals surface area contributed by atoms with Gasteiger partial charge in [0.05, 0.1) is 6.04 Å². The minimum atomic E-state index is -0.426. The predicted molar refractivity (Wildman–Crippen MR) is 77.6 cm³/mol. The Bertz CT molecular complexity index is 436. The van der Waals surface area contributed by atoms with E-state index in [0.29, 0.717) is 6.61 Å². The van der Waals surface area contributed by atoms with Crippen LogP contribution in [-0.4, -0.2) is 48.1 Å². The standard InChI is InChI=1S/C15H23N3O2/c1-15(16)8-9-17(2)10-14(15)18(12-19)20-11-13-6-4-3-5-7-13/h3-7,12,14H,8-11,16H2,1-2H3/t14-,15?/m0/s1. The molecule has 0 saturated carbocycles. The van der Waals surface area contributed by atoms with Crippen molar-refractivity contribution in [2.45, 2.75) is 31.5 Å². The van der Waals surface area contributed by atoms with Crippen molar-refractivity contribution < 1.29 is 9.63 Å². The molecule has 0 bridgehead atoms. The van der Waals surface area contributed by atoms with Gasteiger partial charge in [0, 0.05) is 12.1 Å². The molecule has 110 valence electrons. The first kappa shape index (κ1) is 15.0. The molecule has 0 aliphatic carbocycles. The molecule has 2 rings (SSSR count). The van der Waals surface area contributed by atoms with E-state index in [-0.39, 0.29) is 6.04 Å². The average molecular weight is 277 g/mol. The first-order valence-corrected chi connectivity index (χ1v) is 6.91. The number of hydrogen-bond acceptors (Lipinski definition) is 4. The van der Waals surface area contributed by atoms with E-state index in [2.05, 4.69) is 4.90 Å². The van der Waals surface area contributed by atoms with Gasteiger partial charge in [0.15, 0.2) is 0 Å². The topological polar surface area (TPSA) is 58.8 Å². The molecule has 1 heterocycles. The summed E-state index contributed by atoms with van der Waals surface area (Å²) in [4.78, 5) is 19.2. The highest BCUT2D eigenvalue weighted by Crippen LogP contribution is 2.23. The van der Waals surface area contributed by atoms with E-state index >= 15 is 0 Å². The van der Waals surface area contributed by atoms with Crippen molar-refractivity contribution in [3.63, 3.8) is 0 Å². The van der Waals surface area contributed by atoms with E-state index in [9.17, 15) is 4.79 Å². The number of likely N-dealkylation sites (tertiary alicyclic amines) is 1. The van der Waals surface area contributed by atoms with Gasteiger partial charge in [0.25, 0.3) is 0 Å². The van der Waals surface area contributed by atoms with Crippen LogP contribution in [0.1, 0.15) is 18.9 Å². The largest absolute Gasteiger partial charge is 0.323 e. The summed E-state index contributed by atoms with van der Waals surface area (Å²) in [6.45, 7) is 4.01. The van der Waals surface area contributed by atoms with E-state index in [1.807, 2.05) is 44.3 Å². The van der Waals surface area contributed by atoms with E-state index in [1.54, 1.807) is 0 Å². The first-order chi connectivity index (χ1) is 9.53. The number of hydrogen-bond donors (Lipinski definition) is 1. The van der Waals surface area contributed by atoms with Crippen LogP contribution in [0.25, 0.3) is 0 Å². The van der Waals surface area contributed by atoms with E-state index in [4.69, 9.17) is 10.6 Å². The molecular formula is C15H23N3O2. The SMILES string of the molecule is CN1CCC(C)(N)[C@@H](N(C=O)OCc2ccccc2)C1. The number of benzene rings is 1. The zero-order valence-corrected chi connectivity index (χ0v) is 12.2. The van der Waals surface area contributed by atoms with Gasteiger partial charge >= 0.3 is 0 Å². The number of nitrogens with two attached hydrogens (primary N) is 1. The van der Waals surface area contributed by atoms with Gasteiger partial charge in [-0.05, 0) is 32.5 Å². The quantitative estimate of drug-likeness (QED) is 0.644. The maximum absolute atomic E-state index is 11.3. The maximum Gasteiger partial charge on any atom is 0.233 e. The molecule has 2 atom stereocenters. The molecule has 1 aliphatic rings. The van der Waals surface area contributed by atoms with Crippen LogP contribution in [0.2, 0.25) is 0 Å². The molecule has 1 aliphatic heterocycles. The van der Waals surface area contributed by atoms with E-state index < -0.39 is 5.54 Å². The zero-order chi connectivity index (χ0) is 14.6. The second-order valence-corrected chi connectivity index (χ2v) is 5.76. The summed E-state index contributed by atoms with van der Waals surface area (Å²) in [5.41, 5.74) is 6.93. The Morgan fingerprint density at radius 2 is 2.20 bits per heavy atom. The van der Waals surface area contributed by atoms with Crippen molar-refractivity contribution in [2.75, 3.05) is 20.1 Å². The minimum Gasteiger partial charge on any atom is -0.323 e. The summed E-state index contributed by atoms with van der Waals surface area (Å²) in [5.74, 6) is 0. The lowest BCUT2D eigenvalue weighted by Crippen LogP contribution is -2.64. The van der Waals surface area contributed by atoms with Crippen LogP contribution in [0.15, 0.2) is 30.3 Å². The lowest BCUT2D eigenvalue weighted by Gasteiger charge is -2.45. The van der Waals surface area contributed by atoms with Crippen LogP contribution in [0, 0.1) is 0 Å². The second-order valence-electron chi connectivity index (χ2n) is 5.76. The lowest BCUT2D eigenvalue weighted by molar-refractivity contribution is -0.206. The lowest BCUT2D eigenvalue weighted by atomic mass is 9.86. The molecule has 0 spiro atoms. The Morgan fingerprint density at radius 3 is 2.85 bits per heavy atom. The van der Waals surface area contributed by atoms with Gasteiger partial charge in [0.1, 0.15) is 6.61 Å². The molecule has 5 heteroatoms. The molecule has 1 unspecified atom stereocenters. The maximum atomic E-state index is 11.3. The van der Waals surface area contributed by atoms with E-state index in [0.717, 1.165) is 31.5 Å². The average Bonchev–Trinajstić information content (AvgIpc) is 2.44.